The highest BCUT2D eigenvalue weighted by atomic mass is 35.5. The monoisotopic (exact) mass is 410 g/mol. The van der Waals surface area contributed by atoms with Crippen molar-refractivity contribution in [1.82, 2.24) is 20.6 Å². The van der Waals surface area contributed by atoms with Crippen LogP contribution in [0.2, 0.25) is 0 Å². The maximum Gasteiger partial charge on any atom is 0.251 e. The highest BCUT2D eigenvalue weighted by Crippen LogP contribution is 2.21. The molecule has 0 saturated carbocycles. The SMILES string of the molecule is Cc1ncc2c(c1CNC(=O)c1ccc3ncsc3c1)CCNC2.Cl.Cl. The van der Waals surface area contributed by atoms with Crippen LogP contribution < -0.4 is 10.6 Å². The zero-order chi connectivity index (χ0) is 16.5. The van der Waals surface area contributed by atoms with E-state index in [-0.39, 0.29) is 30.7 Å². The first-order valence-corrected chi connectivity index (χ1v) is 8.89. The summed E-state index contributed by atoms with van der Waals surface area (Å²) in [7, 11) is 0. The van der Waals surface area contributed by atoms with Gasteiger partial charge in [-0.3, -0.25) is 9.78 Å². The number of fused-ring (bicyclic) bond motifs is 2. The number of carbonyl (C=O) groups excluding carboxylic acids is 1. The normalized spacial score (nSPS) is 12.7. The minimum absolute atomic E-state index is 0. The van der Waals surface area contributed by atoms with Crippen molar-refractivity contribution in [3.8, 4) is 0 Å². The summed E-state index contributed by atoms with van der Waals surface area (Å²) in [5.74, 6) is -0.0590. The van der Waals surface area contributed by atoms with Gasteiger partial charge in [0.2, 0.25) is 0 Å². The zero-order valence-electron chi connectivity index (χ0n) is 14.2. The summed E-state index contributed by atoms with van der Waals surface area (Å²) in [5.41, 5.74) is 8.12. The summed E-state index contributed by atoms with van der Waals surface area (Å²) >= 11 is 1.55. The number of benzene rings is 1. The molecule has 3 heterocycles. The Kier molecular flexibility index (Phi) is 6.94. The quantitative estimate of drug-likeness (QED) is 0.693. The molecular weight excluding hydrogens is 391 g/mol. The molecule has 0 aliphatic carbocycles. The Morgan fingerprint density at radius 2 is 2.15 bits per heavy atom. The third kappa shape index (κ3) is 3.99. The van der Waals surface area contributed by atoms with E-state index in [1.54, 1.807) is 16.8 Å². The Bertz CT molecular complexity index is 929. The van der Waals surface area contributed by atoms with Crippen LogP contribution in [-0.4, -0.2) is 22.4 Å². The molecule has 0 spiro atoms. The smallest absolute Gasteiger partial charge is 0.251 e. The lowest BCUT2D eigenvalue weighted by Crippen LogP contribution is -2.28. The second kappa shape index (κ2) is 8.77. The Balaban J connectivity index is 0.00000121. The summed E-state index contributed by atoms with van der Waals surface area (Å²) in [4.78, 5) is 21.2. The van der Waals surface area contributed by atoms with Crippen molar-refractivity contribution in [3.63, 3.8) is 0 Å². The van der Waals surface area contributed by atoms with E-state index in [0.717, 1.165) is 41.0 Å². The molecule has 2 aromatic heterocycles. The molecule has 0 saturated heterocycles. The molecule has 5 nitrogen and oxygen atoms in total. The molecule has 1 amide bonds. The van der Waals surface area contributed by atoms with Gasteiger partial charge in [0.15, 0.2) is 0 Å². The van der Waals surface area contributed by atoms with Crippen LogP contribution >= 0.6 is 36.2 Å². The van der Waals surface area contributed by atoms with Gasteiger partial charge in [0, 0.05) is 30.5 Å². The average Bonchev–Trinajstić information content (AvgIpc) is 3.08. The number of hydrogen-bond acceptors (Lipinski definition) is 5. The molecule has 1 aliphatic rings. The fourth-order valence-electron chi connectivity index (χ4n) is 3.14. The summed E-state index contributed by atoms with van der Waals surface area (Å²) < 4.78 is 1.03. The van der Waals surface area contributed by atoms with Gasteiger partial charge in [-0.1, -0.05) is 0 Å². The van der Waals surface area contributed by atoms with Gasteiger partial charge in [-0.2, -0.15) is 0 Å². The van der Waals surface area contributed by atoms with E-state index in [4.69, 9.17) is 0 Å². The third-order valence-electron chi connectivity index (χ3n) is 4.49. The number of hydrogen-bond donors (Lipinski definition) is 2. The maximum absolute atomic E-state index is 12.5. The van der Waals surface area contributed by atoms with Gasteiger partial charge in [0.1, 0.15) is 0 Å². The van der Waals surface area contributed by atoms with E-state index < -0.39 is 0 Å². The fraction of sp³-hybridized carbons (Fsp3) is 0.278. The van der Waals surface area contributed by atoms with Crippen LogP contribution in [-0.2, 0) is 19.5 Å². The van der Waals surface area contributed by atoms with Crippen molar-refractivity contribution in [2.45, 2.75) is 26.4 Å². The van der Waals surface area contributed by atoms with E-state index in [9.17, 15) is 4.79 Å². The number of pyridine rings is 1. The summed E-state index contributed by atoms with van der Waals surface area (Å²) in [6.07, 6.45) is 2.93. The minimum atomic E-state index is -0.0590. The molecule has 1 aromatic carbocycles. The molecule has 2 N–H and O–H groups in total. The van der Waals surface area contributed by atoms with Gasteiger partial charge >= 0.3 is 0 Å². The predicted molar refractivity (Wildman–Crippen MR) is 110 cm³/mol. The Morgan fingerprint density at radius 3 is 3.00 bits per heavy atom. The number of halogens is 2. The number of rotatable bonds is 3. The van der Waals surface area contributed by atoms with Crippen molar-refractivity contribution in [2.24, 2.45) is 0 Å². The molecule has 0 bridgehead atoms. The first-order valence-electron chi connectivity index (χ1n) is 8.01. The van der Waals surface area contributed by atoms with Crippen LogP contribution in [0.15, 0.2) is 29.9 Å². The number of aromatic nitrogens is 2. The van der Waals surface area contributed by atoms with Crippen molar-refractivity contribution >= 4 is 52.3 Å². The maximum atomic E-state index is 12.5. The highest BCUT2D eigenvalue weighted by molar-refractivity contribution is 7.16. The van der Waals surface area contributed by atoms with Crippen LogP contribution in [0.25, 0.3) is 10.2 Å². The van der Waals surface area contributed by atoms with E-state index in [0.29, 0.717) is 12.1 Å². The molecular formula is C18H20Cl2N4OS. The second-order valence-corrected chi connectivity index (χ2v) is 6.86. The molecule has 26 heavy (non-hydrogen) atoms. The van der Waals surface area contributed by atoms with Crippen molar-refractivity contribution < 1.29 is 4.79 Å². The van der Waals surface area contributed by atoms with Gasteiger partial charge in [-0.25, -0.2) is 4.98 Å². The van der Waals surface area contributed by atoms with Crippen molar-refractivity contribution in [2.75, 3.05) is 6.54 Å². The van der Waals surface area contributed by atoms with Crippen LogP contribution in [0.5, 0.6) is 0 Å². The van der Waals surface area contributed by atoms with E-state index in [1.165, 1.54) is 11.1 Å². The number of amides is 1. The topological polar surface area (TPSA) is 66.9 Å². The van der Waals surface area contributed by atoms with Crippen molar-refractivity contribution in [1.29, 1.82) is 0 Å². The predicted octanol–water partition coefficient (Wildman–Crippen LogP) is 3.42. The van der Waals surface area contributed by atoms with Crippen LogP contribution in [0.1, 0.15) is 32.7 Å². The average molecular weight is 411 g/mol. The number of nitrogens with zero attached hydrogens (tertiary/aromatic N) is 2. The molecule has 138 valence electrons. The fourth-order valence-corrected chi connectivity index (χ4v) is 3.86. The number of aryl methyl sites for hydroxylation is 1. The molecule has 1 aliphatic heterocycles. The highest BCUT2D eigenvalue weighted by Gasteiger charge is 2.16. The third-order valence-corrected chi connectivity index (χ3v) is 5.28. The second-order valence-electron chi connectivity index (χ2n) is 5.97. The Labute approximate surface area is 168 Å². The molecule has 0 fully saturated rings. The first-order chi connectivity index (χ1) is 11.7. The summed E-state index contributed by atoms with van der Waals surface area (Å²) in [6.45, 7) is 4.35. The molecule has 8 heteroatoms. The van der Waals surface area contributed by atoms with Crippen LogP contribution in [0.4, 0.5) is 0 Å². The van der Waals surface area contributed by atoms with Crippen LogP contribution in [0.3, 0.4) is 0 Å². The summed E-state index contributed by atoms with van der Waals surface area (Å²) in [6, 6.07) is 5.62. The van der Waals surface area contributed by atoms with Crippen LogP contribution in [0, 0.1) is 6.92 Å². The van der Waals surface area contributed by atoms with E-state index in [1.807, 2.05) is 31.3 Å². The van der Waals surface area contributed by atoms with E-state index in [2.05, 4.69) is 20.6 Å². The number of nitrogens with one attached hydrogen (secondary N) is 2. The van der Waals surface area contributed by atoms with Gasteiger partial charge in [0.25, 0.3) is 5.91 Å². The molecule has 0 radical (unpaired) electrons. The minimum Gasteiger partial charge on any atom is -0.348 e. The van der Waals surface area contributed by atoms with Gasteiger partial charge < -0.3 is 10.6 Å². The Morgan fingerprint density at radius 1 is 1.31 bits per heavy atom. The number of carbonyl (C=O) groups is 1. The lowest BCUT2D eigenvalue weighted by molar-refractivity contribution is 0.0951. The lowest BCUT2D eigenvalue weighted by atomic mass is 9.96. The Hall–Kier alpha value is -1.73. The van der Waals surface area contributed by atoms with Gasteiger partial charge in [0.05, 0.1) is 15.7 Å². The zero-order valence-corrected chi connectivity index (χ0v) is 16.7. The lowest BCUT2D eigenvalue weighted by Gasteiger charge is -2.21. The molecule has 3 aromatic rings. The van der Waals surface area contributed by atoms with E-state index >= 15 is 0 Å². The number of thiazole rings is 1. The molecule has 0 unspecified atom stereocenters. The standard InChI is InChI=1S/C18H18N4OS.2ClH/c1-11-15(14-4-5-19-7-13(14)8-20-11)9-21-18(23)12-2-3-16-17(6-12)24-10-22-16;;/h2-3,6,8,10,19H,4-5,7,9H2,1H3,(H,21,23);2*1H. The first kappa shape index (κ1) is 20.6. The van der Waals surface area contributed by atoms with Gasteiger partial charge in [-0.05, 0) is 54.8 Å². The van der Waals surface area contributed by atoms with Crippen molar-refractivity contribution in [3.05, 3.63) is 57.9 Å². The van der Waals surface area contributed by atoms with Gasteiger partial charge in [-0.15, -0.1) is 36.2 Å². The summed E-state index contributed by atoms with van der Waals surface area (Å²) in [5, 5.41) is 6.41. The molecule has 4 rings (SSSR count). The largest absolute Gasteiger partial charge is 0.348 e. The molecule has 0 atom stereocenters.